The normalized spacial score (nSPS) is 15.7. The van der Waals surface area contributed by atoms with E-state index in [-0.39, 0.29) is 11.6 Å². The second-order valence-electron chi connectivity index (χ2n) is 4.96. The molecule has 6 nitrogen and oxygen atoms in total. The van der Waals surface area contributed by atoms with Crippen molar-refractivity contribution < 1.29 is 9.72 Å². The van der Waals surface area contributed by atoms with Crippen LogP contribution in [0.15, 0.2) is 18.2 Å². The first kappa shape index (κ1) is 13.3. The van der Waals surface area contributed by atoms with E-state index in [1.165, 1.54) is 12.1 Å². The molecule has 1 unspecified atom stereocenters. The number of hydrogen-bond donors (Lipinski definition) is 2. The van der Waals surface area contributed by atoms with Gasteiger partial charge in [0, 0.05) is 23.9 Å². The van der Waals surface area contributed by atoms with E-state index in [1.54, 1.807) is 19.9 Å². The van der Waals surface area contributed by atoms with Crippen molar-refractivity contribution in [3.63, 3.8) is 0 Å². The van der Waals surface area contributed by atoms with E-state index in [0.717, 1.165) is 18.4 Å². The Bertz CT molecular complexity index is 512. The lowest BCUT2D eigenvalue weighted by atomic mass is 10.2. The van der Waals surface area contributed by atoms with Crippen molar-refractivity contribution in [2.45, 2.75) is 38.8 Å². The smallest absolute Gasteiger partial charge is 0.271 e. The van der Waals surface area contributed by atoms with Crippen molar-refractivity contribution in [3.05, 3.63) is 33.9 Å². The molecular formula is C13H17N3O3. The minimum atomic E-state index is -0.437. The number of nitro groups is 1. The fourth-order valence-corrected chi connectivity index (χ4v) is 1.82. The summed E-state index contributed by atoms with van der Waals surface area (Å²) in [6, 6.07) is 4.62. The van der Waals surface area contributed by atoms with Crippen LogP contribution in [0.1, 0.15) is 25.3 Å². The van der Waals surface area contributed by atoms with Crippen LogP contribution in [0.3, 0.4) is 0 Å². The minimum Gasteiger partial charge on any atom is -0.374 e. The van der Waals surface area contributed by atoms with E-state index in [4.69, 9.17) is 0 Å². The summed E-state index contributed by atoms with van der Waals surface area (Å²) in [5.74, 6) is -0.0772. The first-order valence-electron chi connectivity index (χ1n) is 6.28. The predicted molar refractivity (Wildman–Crippen MR) is 72.1 cm³/mol. The topological polar surface area (TPSA) is 84.3 Å². The fourth-order valence-electron chi connectivity index (χ4n) is 1.82. The Hall–Kier alpha value is -2.11. The predicted octanol–water partition coefficient (Wildman–Crippen LogP) is 1.98. The first-order chi connectivity index (χ1) is 8.95. The summed E-state index contributed by atoms with van der Waals surface area (Å²) in [4.78, 5) is 22.1. The molecule has 0 radical (unpaired) electrons. The molecule has 1 aromatic rings. The summed E-state index contributed by atoms with van der Waals surface area (Å²) in [6.45, 7) is 3.53. The molecule has 1 saturated carbocycles. The zero-order valence-corrected chi connectivity index (χ0v) is 11.0. The van der Waals surface area contributed by atoms with E-state index in [9.17, 15) is 14.9 Å². The summed E-state index contributed by atoms with van der Waals surface area (Å²) in [6.07, 6.45) is 2.07. The number of carbonyl (C=O) groups is 1. The van der Waals surface area contributed by atoms with Crippen LogP contribution < -0.4 is 10.6 Å². The molecule has 2 N–H and O–H groups in total. The highest BCUT2D eigenvalue weighted by Gasteiger charge is 2.25. The average molecular weight is 263 g/mol. The molecule has 0 aromatic heterocycles. The molecule has 0 spiro atoms. The number of rotatable bonds is 5. The molecule has 1 aliphatic carbocycles. The third kappa shape index (κ3) is 3.67. The van der Waals surface area contributed by atoms with Gasteiger partial charge in [0.1, 0.15) is 6.04 Å². The highest BCUT2D eigenvalue weighted by Crippen LogP contribution is 2.22. The molecule has 1 atom stereocenters. The largest absolute Gasteiger partial charge is 0.374 e. The Kier molecular flexibility index (Phi) is 3.69. The summed E-state index contributed by atoms with van der Waals surface area (Å²) in [5, 5.41) is 16.7. The molecular weight excluding hydrogens is 246 g/mol. The van der Waals surface area contributed by atoms with Crippen molar-refractivity contribution >= 4 is 17.3 Å². The molecule has 0 aliphatic heterocycles. The SMILES string of the molecule is Cc1cc(NC(C)C(=O)NC2CC2)cc([N+](=O)[O-])c1. The number of non-ortho nitro benzene ring substituents is 1. The molecule has 0 heterocycles. The van der Waals surface area contributed by atoms with E-state index in [0.29, 0.717) is 11.7 Å². The van der Waals surface area contributed by atoms with Gasteiger partial charge in [0.25, 0.3) is 5.69 Å². The maximum absolute atomic E-state index is 11.8. The van der Waals surface area contributed by atoms with Gasteiger partial charge in [-0.1, -0.05) is 0 Å². The number of anilines is 1. The lowest BCUT2D eigenvalue weighted by Crippen LogP contribution is -2.38. The van der Waals surface area contributed by atoms with Crippen LogP contribution in [0.5, 0.6) is 0 Å². The zero-order chi connectivity index (χ0) is 14.0. The summed E-state index contributed by atoms with van der Waals surface area (Å²) in [7, 11) is 0. The number of nitrogens with zero attached hydrogens (tertiary/aromatic N) is 1. The maximum Gasteiger partial charge on any atom is 0.271 e. The molecule has 1 aliphatic rings. The first-order valence-corrected chi connectivity index (χ1v) is 6.28. The lowest BCUT2D eigenvalue weighted by molar-refractivity contribution is -0.384. The highest BCUT2D eigenvalue weighted by atomic mass is 16.6. The average Bonchev–Trinajstić information content (AvgIpc) is 3.11. The van der Waals surface area contributed by atoms with Gasteiger partial charge in [-0.25, -0.2) is 0 Å². The van der Waals surface area contributed by atoms with Gasteiger partial charge in [-0.3, -0.25) is 14.9 Å². The van der Waals surface area contributed by atoms with Crippen molar-refractivity contribution in [2.24, 2.45) is 0 Å². The molecule has 19 heavy (non-hydrogen) atoms. The standard InChI is InChI=1S/C13H17N3O3/c1-8-5-11(7-12(6-8)16(18)19)14-9(2)13(17)15-10-3-4-10/h5-7,9-10,14H,3-4H2,1-2H3,(H,15,17). The minimum absolute atomic E-state index is 0.0253. The molecule has 1 fully saturated rings. The number of aryl methyl sites for hydroxylation is 1. The van der Waals surface area contributed by atoms with Crippen LogP contribution in [-0.4, -0.2) is 22.9 Å². The Balaban J connectivity index is 2.04. The molecule has 0 bridgehead atoms. The molecule has 102 valence electrons. The molecule has 1 aromatic carbocycles. The number of carbonyl (C=O) groups excluding carboxylic acids is 1. The Morgan fingerprint density at radius 2 is 2.11 bits per heavy atom. The Labute approximate surface area is 111 Å². The third-order valence-corrected chi connectivity index (χ3v) is 2.97. The van der Waals surface area contributed by atoms with Crippen LogP contribution in [0.4, 0.5) is 11.4 Å². The number of nitrogens with one attached hydrogen (secondary N) is 2. The molecule has 6 heteroatoms. The van der Waals surface area contributed by atoms with Gasteiger partial charge in [0.15, 0.2) is 0 Å². The number of nitro benzene ring substituents is 1. The van der Waals surface area contributed by atoms with Gasteiger partial charge in [-0.05, 0) is 38.3 Å². The summed E-state index contributed by atoms with van der Waals surface area (Å²) >= 11 is 0. The van der Waals surface area contributed by atoms with Gasteiger partial charge in [-0.2, -0.15) is 0 Å². The maximum atomic E-state index is 11.8. The highest BCUT2D eigenvalue weighted by molar-refractivity contribution is 5.84. The van der Waals surface area contributed by atoms with Gasteiger partial charge < -0.3 is 10.6 Å². The van der Waals surface area contributed by atoms with Crippen LogP contribution in [0.2, 0.25) is 0 Å². The fraction of sp³-hybridized carbons (Fsp3) is 0.462. The number of amides is 1. The third-order valence-electron chi connectivity index (χ3n) is 2.97. The number of hydrogen-bond acceptors (Lipinski definition) is 4. The van der Waals surface area contributed by atoms with E-state index < -0.39 is 11.0 Å². The monoisotopic (exact) mass is 263 g/mol. The van der Waals surface area contributed by atoms with Gasteiger partial charge in [-0.15, -0.1) is 0 Å². The Morgan fingerprint density at radius 1 is 1.42 bits per heavy atom. The molecule has 1 amide bonds. The van der Waals surface area contributed by atoms with E-state index >= 15 is 0 Å². The van der Waals surface area contributed by atoms with Gasteiger partial charge in [0.2, 0.25) is 5.91 Å². The van der Waals surface area contributed by atoms with Crippen molar-refractivity contribution in [1.29, 1.82) is 0 Å². The second-order valence-corrected chi connectivity index (χ2v) is 4.96. The van der Waals surface area contributed by atoms with E-state index in [1.807, 2.05) is 0 Å². The van der Waals surface area contributed by atoms with Gasteiger partial charge >= 0.3 is 0 Å². The van der Waals surface area contributed by atoms with Gasteiger partial charge in [0.05, 0.1) is 4.92 Å². The Morgan fingerprint density at radius 3 is 2.68 bits per heavy atom. The van der Waals surface area contributed by atoms with Crippen molar-refractivity contribution in [2.75, 3.05) is 5.32 Å². The second kappa shape index (κ2) is 5.26. The molecule has 0 saturated heterocycles. The summed E-state index contributed by atoms with van der Waals surface area (Å²) in [5.41, 5.74) is 1.40. The molecule has 2 rings (SSSR count). The van der Waals surface area contributed by atoms with Crippen LogP contribution in [0, 0.1) is 17.0 Å². The van der Waals surface area contributed by atoms with Crippen molar-refractivity contribution in [3.8, 4) is 0 Å². The summed E-state index contributed by atoms with van der Waals surface area (Å²) < 4.78 is 0. The van der Waals surface area contributed by atoms with Crippen LogP contribution >= 0.6 is 0 Å². The van der Waals surface area contributed by atoms with Crippen LogP contribution in [0.25, 0.3) is 0 Å². The van der Waals surface area contributed by atoms with Crippen molar-refractivity contribution in [1.82, 2.24) is 5.32 Å². The zero-order valence-electron chi connectivity index (χ0n) is 11.0. The van der Waals surface area contributed by atoms with E-state index in [2.05, 4.69) is 10.6 Å². The number of benzene rings is 1. The lowest BCUT2D eigenvalue weighted by Gasteiger charge is -2.15. The quantitative estimate of drug-likeness (QED) is 0.628. The van der Waals surface area contributed by atoms with Crippen LogP contribution in [-0.2, 0) is 4.79 Å².